The molecule has 0 bridgehead atoms. The van der Waals surface area contributed by atoms with Crippen LogP contribution in [-0.4, -0.2) is 58.7 Å². The molecule has 1 atom stereocenters. The Labute approximate surface area is 181 Å². The van der Waals surface area contributed by atoms with Crippen LogP contribution in [0.1, 0.15) is 35.4 Å². The summed E-state index contributed by atoms with van der Waals surface area (Å²) in [4.78, 5) is 16.7. The average Bonchev–Trinajstić information content (AvgIpc) is 3.03. The molecule has 3 rings (SSSR count). The molecule has 1 aromatic heterocycles. The van der Waals surface area contributed by atoms with Gasteiger partial charge in [-0.2, -0.15) is 18.3 Å². The zero-order valence-electron chi connectivity index (χ0n) is 18.5. The highest BCUT2D eigenvalue weighted by atomic mass is 19.4. The number of likely N-dealkylation sites (tertiary alicyclic amines) is 1. The molecule has 8 heteroatoms. The SMILES string of the molecule is Cc1cc(C)n(CC(=O)N(C)CC2CCCN(CCc3cccc(C(F)(F)F)c3)C2)n1. The van der Waals surface area contributed by atoms with E-state index in [0.717, 1.165) is 49.9 Å². The summed E-state index contributed by atoms with van der Waals surface area (Å²) in [5.41, 5.74) is 1.98. The Bertz CT molecular complexity index is 893. The summed E-state index contributed by atoms with van der Waals surface area (Å²) in [6.45, 7) is 7.29. The van der Waals surface area contributed by atoms with Crippen LogP contribution in [0.2, 0.25) is 0 Å². The van der Waals surface area contributed by atoms with Crippen molar-refractivity contribution in [3.05, 3.63) is 52.8 Å². The van der Waals surface area contributed by atoms with Crippen LogP contribution < -0.4 is 0 Å². The van der Waals surface area contributed by atoms with Crippen molar-refractivity contribution in [1.82, 2.24) is 19.6 Å². The van der Waals surface area contributed by atoms with Gasteiger partial charge in [0.1, 0.15) is 6.54 Å². The van der Waals surface area contributed by atoms with E-state index in [4.69, 9.17) is 0 Å². The molecular weight excluding hydrogens is 405 g/mol. The number of hydrogen-bond acceptors (Lipinski definition) is 3. The molecule has 1 aromatic carbocycles. The maximum absolute atomic E-state index is 12.9. The molecule has 1 unspecified atom stereocenters. The minimum Gasteiger partial charge on any atom is -0.344 e. The van der Waals surface area contributed by atoms with Crippen LogP contribution in [0.3, 0.4) is 0 Å². The summed E-state index contributed by atoms with van der Waals surface area (Å²) in [6, 6.07) is 7.53. The summed E-state index contributed by atoms with van der Waals surface area (Å²) < 4.78 is 40.5. The van der Waals surface area contributed by atoms with Gasteiger partial charge in [0.25, 0.3) is 0 Å². The number of carbonyl (C=O) groups is 1. The van der Waals surface area contributed by atoms with Gasteiger partial charge in [-0.15, -0.1) is 0 Å². The standard InChI is InChI=1S/C23H31F3N4O/c1-17-12-18(2)30(27-17)16-22(31)28(3)14-20-7-5-10-29(15-20)11-9-19-6-4-8-21(13-19)23(24,25)26/h4,6,8,12-13,20H,5,7,9-11,14-16H2,1-3H3. The van der Waals surface area contributed by atoms with Gasteiger partial charge in [0.15, 0.2) is 0 Å². The van der Waals surface area contributed by atoms with Gasteiger partial charge in [0.05, 0.1) is 11.3 Å². The van der Waals surface area contributed by atoms with Gasteiger partial charge < -0.3 is 9.80 Å². The summed E-state index contributed by atoms with van der Waals surface area (Å²) in [7, 11) is 1.83. The molecule has 1 aliphatic rings. The molecule has 0 radical (unpaired) electrons. The number of nitrogens with zero attached hydrogens (tertiary/aromatic N) is 4. The molecular formula is C23H31F3N4O. The van der Waals surface area contributed by atoms with E-state index in [2.05, 4.69) is 10.00 Å². The number of piperidine rings is 1. The van der Waals surface area contributed by atoms with E-state index in [9.17, 15) is 18.0 Å². The number of aryl methyl sites for hydroxylation is 2. The van der Waals surface area contributed by atoms with Crippen molar-refractivity contribution in [3.63, 3.8) is 0 Å². The molecule has 1 saturated heterocycles. The summed E-state index contributed by atoms with van der Waals surface area (Å²) in [6.07, 6.45) is -1.63. The summed E-state index contributed by atoms with van der Waals surface area (Å²) >= 11 is 0. The fraction of sp³-hybridized carbons (Fsp3) is 0.565. The Morgan fingerprint density at radius 2 is 2.03 bits per heavy atom. The minimum atomic E-state index is -4.31. The van der Waals surface area contributed by atoms with Crippen molar-refractivity contribution >= 4 is 5.91 Å². The van der Waals surface area contributed by atoms with E-state index in [1.54, 1.807) is 15.6 Å². The molecule has 0 saturated carbocycles. The maximum atomic E-state index is 12.9. The highest BCUT2D eigenvalue weighted by molar-refractivity contribution is 5.75. The van der Waals surface area contributed by atoms with E-state index in [1.165, 1.54) is 12.1 Å². The lowest BCUT2D eigenvalue weighted by Crippen LogP contribution is -2.43. The smallest absolute Gasteiger partial charge is 0.344 e. The zero-order valence-corrected chi connectivity index (χ0v) is 18.5. The lowest BCUT2D eigenvalue weighted by Gasteiger charge is -2.34. The first kappa shape index (κ1) is 23.3. The lowest BCUT2D eigenvalue weighted by molar-refractivity contribution is -0.137. The van der Waals surface area contributed by atoms with Gasteiger partial charge in [-0.25, -0.2) is 0 Å². The van der Waals surface area contributed by atoms with Crippen LogP contribution in [0.4, 0.5) is 13.2 Å². The molecule has 0 aliphatic carbocycles. The fourth-order valence-electron chi connectivity index (χ4n) is 4.27. The van der Waals surface area contributed by atoms with E-state index >= 15 is 0 Å². The minimum absolute atomic E-state index is 0.0345. The van der Waals surface area contributed by atoms with Crippen LogP contribution in [0.15, 0.2) is 30.3 Å². The van der Waals surface area contributed by atoms with Crippen LogP contribution in [0, 0.1) is 19.8 Å². The van der Waals surface area contributed by atoms with E-state index in [-0.39, 0.29) is 12.5 Å². The van der Waals surface area contributed by atoms with Gasteiger partial charge in [-0.3, -0.25) is 9.48 Å². The Balaban J connectivity index is 1.49. The van der Waals surface area contributed by atoms with Crippen LogP contribution in [-0.2, 0) is 23.9 Å². The molecule has 1 fully saturated rings. The predicted molar refractivity (Wildman–Crippen MR) is 114 cm³/mol. The Morgan fingerprint density at radius 3 is 2.71 bits per heavy atom. The summed E-state index contributed by atoms with van der Waals surface area (Å²) in [5, 5.41) is 4.36. The largest absolute Gasteiger partial charge is 0.416 e. The number of likely N-dealkylation sites (N-methyl/N-ethyl adjacent to an activating group) is 1. The average molecular weight is 437 g/mol. The second kappa shape index (κ2) is 9.85. The second-order valence-electron chi connectivity index (χ2n) is 8.62. The highest BCUT2D eigenvalue weighted by Crippen LogP contribution is 2.29. The Morgan fingerprint density at radius 1 is 1.26 bits per heavy atom. The molecule has 1 aliphatic heterocycles. The zero-order chi connectivity index (χ0) is 22.6. The van der Waals surface area contributed by atoms with Gasteiger partial charge in [-0.05, 0) is 63.3 Å². The van der Waals surface area contributed by atoms with Crippen molar-refractivity contribution in [3.8, 4) is 0 Å². The van der Waals surface area contributed by atoms with Crippen LogP contribution in [0.5, 0.6) is 0 Å². The van der Waals surface area contributed by atoms with Gasteiger partial charge in [-0.1, -0.05) is 18.2 Å². The Hall–Kier alpha value is -2.35. The van der Waals surface area contributed by atoms with Crippen molar-refractivity contribution in [2.24, 2.45) is 5.92 Å². The number of amides is 1. The van der Waals surface area contributed by atoms with E-state index in [0.29, 0.717) is 24.4 Å². The normalized spacial score (nSPS) is 17.7. The van der Waals surface area contributed by atoms with E-state index in [1.807, 2.05) is 27.0 Å². The number of alkyl halides is 3. The third-order valence-corrected chi connectivity index (χ3v) is 5.92. The topological polar surface area (TPSA) is 41.4 Å². The second-order valence-corrected chi connectivity index (χ2v) is 8.62. The number of aromatic nitrogens is 2. The van der Waals surface area contributed by atoms with Gasteiger partial charge in [0.2, 0.25) is 5.91 Å². The quantitative estimate of drug-likeness (QED) is 0.661. The van der Waals surface area contributed by atoms with Crippen LogP contribution >= 0.6 is 0 Å². The van der Waals surface area contributed by atoms with Crippen molar-refractivity contribution in [2.75, 3.05) is 33.2 Å². The number of halogens is 3. The molecule has 5 nitrogen and oxygen atoms in total. The molecule has 170 valence electrons. The number of rotatable bonds is 7. The molecule has 0 spiro atoms. The summed E-state index contributed by atoms with van der Waals surface area (Å²) in [5.74, 6) is 0.400. The van der Waals surface area contributed by atoms with Gasteiger partial charge in [0, 0.05) is 32.4 Å². The van der Waals surface area contributed by atoms with Crippen molar-refractivity contribution < 1.29 is 18.0 Å². The molecule has 2 heterocycles. The molecule has 31 heavy (non-hydrogen) atoms. The van der Waals surface area contributed by atoms with Gasteiger partial charge >= 0.3 is 6.18 Å². The lowest BCUT2D eigenvalue weighted by atomic mass is 9.97. The first-order chi connectivity index (χ1) is 14.6. The Kier molecular flexibility index (Phi) is 7.41. The predicted octanol–water partition coefficient (Wildman–Crippen LogP) is 3.93. The number of benzene rings is 1. The first-order valence-electron chi connectivity index (χ1n) is 10.8. The number of carbonyl (C=O) groups excluding carboxylic acids is 1. The molecule has 2 aromatic rings. The maximum Gasteiger partial charge on any atom is 0.416 e. The third kappa shape index (κ3) is 6.56. The monoisotopic (exact) mass is 436 g/mol. The highest BCUT2D eigenvalue weighted by Gasteiger charge is 2.30. The van der Waals surface area contributed by atoms with E-state index < -0.39 is 11.7 Å². The fourth-order valence-corrected chi connectivity index (χ4v) is 4.27. The van der Waals surface area contributed by atoms with Crippen molar-refractivity contribution in [2.45, 2.75) is 45.8 Å². The third-order valence-electron chi connectivity index (χ3n) is 5.92. The van der Waals surface area contributed by atoms with Crippen LogP contribution in [0.25, 0.3) is 0 Å². The molecule has 1 amide bonds. The molecule has 0 N–H and O–H groups in total. The number of hydrogen-bond donors (Lipinski definition) is 0. The van der Waals surface area contributed by atoms with Crippen molar-refractivity contribution in [1.29, 1.82) is 0 Å². The first-order valence-corrected chi connectivity index (χ1v) is 10.8.